The van der Waals surface area contributed by atoms with Crippen molar-refractivity contribution >= 4 is 32.8 Å². The molecular formula is C86H72N4OPt. The second-order valence-corrected chi connectivity index (χ2v) is 29.1. The fourth-order valence-corrected chi connectivity index (χ4v) is 15.8. The van der Waals surface area contributed by atoms with Crippen molar-refractivity contribution in [3.63, 3.8) is 0 Å². The molecule has 0 fully saturated rings. The van der Waals surface area contributed by atoms with Gasteiger partial charge in [-0.2, -0.15) is 0 Å². The van der Waals surface area contributed by atoms with Crippen molar-refractivity contribution in [3.8, 4) is 84.3 Å². The van der Waals surface area contributed by atoms with Crippen LogP contribution in [-0.4, -0.2) is 18.7 Å². The standard InChI is InChI=1S/C86H72N4O.Pt/c1-54-44-81(87-52-72(54)56-38-40-58(41-39-56)83(2,3)4)90-79-49-63(42-43-69(79)71-50-70-68-30-16-19-35-75(68)86(76(70)51-80(71)90)73-33-17-14-28-66(73)67-29-15-18-34-74(67)86)91-62-27-22-26-61(48-62)88-53-89(78-37-21-20-36-77(78)88)82-64(55-24-12-11-13-25-55)31-23-32-65(82)57-45-59(84(5,6)7)47-60(46-57)85(8,9)10;/h11-52H,1-10H3;/i1D3;. The number of aromatic nitrogens is 4. The molecule has 3 aromatic heterocycles. The molecule has 1 spiro atoms. The van der Waals surface area contributed by atoms with E-state index in [9.17, 15) is 0 Å². The normalized spacial score (nSPS) is 13.9. The molecule has 0 aliphatic heterocycles. The van der Waals surface area contributed by atoms with E-state index in [0.717, 1.165) is 70.3 Å². The van der Waals surface area contributed by atoms with Gasteiger partial charge in [-0.3, -0.25) is 0 Å². The molecule has 2 aliphatic carbocycles. The van der Waals surface area contributed by atoms with Gasteiger partial charge in [0.2, 0.25) is 0 Å². The Balaban J connectivity index is 0.877. The average Bonchev–Trinajstić information content (AvgIpc) is 1.50. The van der Waals surface area contributed by atoms with Crippen LogP contribution in [0.15, 0.2) is 255 Å². The summed E-state index contributed by atoms with van der Waals surface area (Å²) in [5, 5.41) is 2.01. The van der Waals surface area contributed by atoms with Crippen molar-refractivity contribution in [1.29, 1.82) is 0 Å². The van der Waals surface area contributed by atoms with Crippen LogP contribution in [0.5, 0.6) is 11.5 Å². The predicted octanol–water partition coefficient (Wildman–Crippen LogP) is 22.3. The second kappa shape index (κ2) is 21.2. The van der Waals surface area contributed by atoms with Crippen LogP contribution in [0.25, 0.3) is 106 Å². The van der Waals surface area contributed by atoms with E-state index < -0.39 is 12.3 Å². The summed E-state index contributed by atoms with van der Waals surface area (Å²) in [6.07, 6.45) is 1.76. The molecule has 14 aromatic rings. The Hall–Kier alpha value is -9.67. The molecule has 0 bridgehead atoms. The molecule has 0 saturated heterocycles. The Morgan fingerprint density at radius 3 is 1.54 bits per heavy atom. The zero-order valence-corrected chi connectivity index (χ0v) is 55.5. The minimum absolute atomic E-state index is 0.0729. The van der Waals surface area contributed by atoms with Gasteiger partial charge in [0.15, 0.2) is 0 Å². The van der Waals surface area contributed by atoms with Gasteiger partial charge in [-0.25, -0.2) is 0 Å². The van der Waals surface area contributed by atoms with E-state index in [2.05, 4.69) is 320 Å². The minimum atomic E-state index is -2.47. The predicted molar refractivity (Wildman–Crippen MR) is 378 cm³/mol. The Morgan fingerprint density at radius 1 is 0.380 bits per heavy atom. The molecule has 452 valence electrons. The maximum absolute atomic E-state index is 9.13. The van der Waals surface area contributed by atoms with E-state index in [-0.39, 0.29) is 21.8 Å². The number of pyridine rings is 1. The number of hydrogen-bond donors (Lipinski definition) is 0. The number of ether oxygens (including phenoxy) is 1. The number of hydrogen-bond acceptors (Lipinski definition) is 2. The Kier molecular flexibility index (Phi) is 12.5. The van der Waals surface area contributed by atoms with E-state index in [0.29, 0.717) is 22.9 Å². The molecule has 3 heterocycles. The first kappa shape index (κ1) is 54.1. The number of para-hydroxylation sites is 3. The molecule has 0 N–H and O–H groups in total. The van der Waals surface area contributed by atoms with E-state index >= 15 is 0 Å². The van der Waals surface area contributed by atoms with Crippen LogP contribution >= 0.6 is 0 Å². The van der Waals surface area contributed by atoms with Gasteiger partial charge in [0.1, 0.15) is 0 Å². The number of fused-ring (bicyclic) bond motifs is 14. The molecule has 0 radical (unpaired) electrons. The third-order valence-electron chi connectivity index (χ3n) is 19.4. The van der Waals surface area contributed by atoms with Crippen molar-refractivity contribution in [3.05, 3.63) is 303 Å². The van der Waals surface area contributed by atoms with Gasteiger partial charge in [-0.15, -0.1) is 0 Å². The molecule has 0 saturated carbocycles. The number of rotatable bonds is 8. The van der Waals surface area contributed by atoms with Crippen molar-refractivity contribution in [2.45, 2.75) is 90.8 Å². The zero-order chi connectivity index (χ0) is 65.7. The molecule has 16 rings (SSSR count). The summed E-state index contributed by atoms with van der Waals surface area (Å²) in [6, 6.07) is 89.4. The summed E-state index contributed by atoms with van der Waals surface area (Å²) >= 11 is 2.53. The van der Waals surface area contributed by atoms with Gasteiger partial charge in [0, 0.05) is 15.9 Å². The molecule has 0 atom stereocenters. The van der Waals surface area contributed by atoms with Crippen molar-refractivity contribution < 1.29 is 28.2 Å². The second-order valence-electron chi connectivity index (χ2n) is 28.1. The van der Waals surface area contributed by atoms with Crippen LogP contribution in [0.4, 0.5) is 0 Å². The molecule has 11 aromatic carbocycles. The number of benzene rings is 11. The van der Waals surface area contributed by atoms with Crippen LogP contribution in [0, 0.1) is 10.7 Å². The van der Waals surface area contributed by atoms with Crippen LogP contribution in [0.2, 0.25) is 0 Å². The van der Waals surface area contributed by atoms with Gasteiger partial charge in [-0.1, -0.05) is 118 Å². The summed E-state index contributed by atoms with van der Waals surface area (Å²) in [5.41, 5.74) is 24.7. The zero-order valence-electron chi connectivity index (χ0n) is 56.3. The minimum Gasteiger partial charge on any atom is -0.0619 e. The molecule has 6 heteroatoms. The third kappa shape index (κ3) is 9.05. The molecule has 2 aliphatic rings. The maximum atomic E-state index is 9.13. The monoisotopic (exact) mass is 1370 g/mol. The average molecular weight is 1380 g/mol. The van der Waals surface area contributed by atoms with Crippen LogP contribution < -0.4 is 4.74 Å². The number of aryl methyl sites for hydroxylation is 1. The Labute approximate surface area is 554 Å². The molecule has 92 heavy (non-hydrogen) atoms. The first-order valence-electron chi connectivity index (χ1n) is 33.4. The molecule has 0 amide bonds. The van der Waals surface area contributed by atoms with Crippen molar-refractivity contribution in [2.24, 2.45) is 0 Å². The van der Waals surface area contributed by atoms with Gasteiger partial charge in [-0.05, 0) is 73.5 Å². The van der Waals surface area contributed by atoms with E-state index in [1.807, 2.05) is 18.2 Å². The summed E-state index contributed by atoms with van der Waals surface area (Å²) in [4.78, 5) is 5.29. The summed E-state index contributed by atoms with van der Waals surface area (Å²) in [6.45, 7) is 17.9. The summed E-state index contributed by atoms with van der Waals surface area (Å²) < 4.78 is 42.5. The summed E-state index contributed by atoms with van der Waals surface area (Å²) in [5.74, 6) is 1.77. The van der Waals surface area contributed by atoms with Crippen molar-refractivity contribution in [1.82, 2.24) is 18.7 Å². The van der Waals surface area contributed by atoms with E-state index in [4.69, 9.17) is 13.8 Å². The topological polar surface area (TPSA) is 36.9 Å². The number of imidazole rings is 1. The quantitative estimate of drug-likeness (QED) is 0.152. The summed E-state index contributed by atoms with van der Waals surface area (Å²) in [7, 11) is 0. The fraction of sp³-hybridized carbons (Fsp3) is 0.163. The van der Waals surface area contributed by atoms with Crippen molar-refractivity contribution in [2.75, 3.05) is 0 Å². The van der Waals surface area contributed by atoms with Gasteiger partial charge in [0.05, 0.1) is 5.41 Å². The third-order valence-corrected chi connectivity index (χ3v) is 20.4. The Bertz CT molecular complexity index is 5450. The van der Waals surface area contributed by atoms with Gasteiger partial charge < -0.3 is 0 Å². The van der Waals surface area contributed by atoms with Crippen LogP contribution in [-0.2, 0) is 41.0 Å². The molecular weight excluding hydrogens is 1300 g/mol. The number of nitrogens with zero attached hydrogens (tertiary/aromatic N) is 4. The van der Waals surface area contributed by atoms with E-state index in [1.165, 1.54) is 66.8 Å². The smallest absolute Gasteiger partial charge is 0.0619 e. The van der Waals surface area contributed by atoms with Gasteiger partial charge >= 0.3 is 346 Å². The van der Waals surface area contributed by atoms with Crippen LogP contribution in [0.3, 0.4) is 0 Å². The fourth-order valence-electron chi connectivity index (χ4n) is 14.7. The SMILES string of the molecule is [2H]C([2H])([2H])c1cc(-n2c3cc(Oc4cccc(-n5[c](=[Pt])n(-c6c(-c7ccccc7)cccc6-c6cc(C(C)(C)C)cc(C(C)(C)C)c6)c6ccccc65)c4)ccc3c3cc4c(cc32)C2(c3ccccc3-c3ccccc32)c2ccccc2-4)ncc1-c1ccc(C(C)(C)C)cc1. The van der Waals surface area contributed by atoms with E-state index in [1.54, 1.807) is 12.3 Å². The first-order valence-corrected chi connectivity index (χ1v) is 33.0. The molecule has 5 nitrogen and oxygen atoms in total. The first-order chi connectivity index (χ1) is 45.6. The van der Waals surface area contributed by atoms with Crippen LogP contribution in [0.1, 0.15) is 111 Å². The Morgan fingerprint density at radius 2 is 0.913 bits per heavy atom. The van der Waals surface area contributed by atoms with Gasteiger partial charge in [0.25, 0.3) is 0 Å². The molecule has 0 unspecified atom stereocenters.